The van der Waals surface area contributed by atoms with E-state index in [4.69, 9.17) is 4.74 Å². The predicted molar refractivity (Wildman–Crippen MR) is 89.1 cm³/mol. The van der Waals surface area contributed by atoms with Crippen molar-refractivity contribution in [2.75, 3.05) is 26.2 Å². The Morgan fingerprint density at radius 2 is 2.04 bits per heavy atom. The van der Waals surface area contributed by atoms with Gasteiger partial charge in [0.1, 0.15) is 12.1 Å². The number of nitrogens with zero attached hydrogens (tertiary/aromatic N) is 2. The number of ether oxygens (including phenoxy) is 1. The van der Waals surface area contributed by atoms with Gasteiger partial charge in [-0.3, -0.25) is 9.69 Å². The van der Waals surface area contributed by atoms with Crippen molar-refractivity contribution in [1.82, 2.24) is 15.1 Å². The molecule has 0 aromatic rings. The van der Waals surface area contributed by atoms with Crippen molar-refractivity contribution in [2.24, 2.45) is 0 Å². The van der Waals surface area contributed by atoms with E-state index in [2.05, 4.69) is 5.32 Å². The Kier molecular flexibility index (Phi) is 6.11. The molecule has 2 rings (SSSR count). The number of carbonyl (C=O) groups is 2. The molecule has 9 heteroatoms. The number of amides is 2. The molecule has 0 spiro atoms. The molecule has 2 aliphatic heterocycles. The Morgan fingerprint density at radius 1 is 1.33 bits per heavy atom. The first kappa shape index (κ1) is 19.0. The summed E-state index contributed by atoms with van der Waals surface area (Å²) < 4.78 is 5.44. The molecule has 0 bridgehead atoms. The first-order valence-electron chi connectivity index (χ1n) is 8.55. The van der Waals surface area contributed by atoms with Gasteiger partial charge in [-0.1, -0.05) is 0 Å². The van der Waals surface area contributed by atoms with Crippen LogP contribution in [0.5, 0.6) is 0 Å². The zero-order valence-corrected chi connectivity index (χ0v) is 14.7. The molecule has 136 valence electrons. The van der Waals surface area contributed by atoms with Gasteiger partial charge in [-0.15, -0.1) is 0 Å². The highest BCUT2D eigenvalue weighted by atomic mass is 16.6. The topological polar surface area (TPSA) is 102 Å². The Morgan fingerprint density at radius 3 is 2.58 bits per heavy atom. The SMILES string of the molecule is CC(C)(C)OC(=O)N(CC(=O)N1CCC[C@H]1B(O)O)[C@H]1CCNC1. The van der Waals surface area contributed by atoms with Crippen LogP contribution in [-0.2, 0) is 9.53 Å². The van der Waals surface area contributed by atoms with Crippen LogP contribution in [0.2, 0.25) is 0 Å². The van der Waals surface area contributed by atoms with E-state index < -0.39 is 24.8 Å². The summed E-state index contributed by atoms with van der Waals surface area (Å²) in [6.07, 6.45) is 1.54. The molecule has 2 amide bonds. The molecule has 0 aromatic carbocycles. The lowest BCUT2D eigenvalue weighted by Gasteiger charge is -2.33. The van der Waals surface area contributed by atoms with Crippen molar-refractivity contribution in [3.63, 3.8) is 0 Å². The molecule has 0 radical (unpaired) electrons. The number of hydrogen-bond donors (Lipinski definition) is 3. The maximum Gasteiger partial charge on any atom is 0.475 e. The van der Waals surface area contributed by atoms with Crippen LogP contribution in [0.15, 0.2) is 0 Å². The summed E-state index contributed by atoms with van der Waals surface area (Å²) >= 11 is 0. The summed E-state index contributed by atoms with van der Waals surface area (Å²) in [7, 11) is -1.56. The average Bonchev–Trinajstić information content (AvgIpc) is 3.13. The fourth-order valence-corrected chi connectivity index (χ4v) is 3.22. The van der Waals surface area contributed by atoms with E-state index in [1.54, 1.807) is 20.8 Å². The van der Waals surface area contributed by atoms with Crippen LogP contribution in [0.25, 0.3) is 0 Å². The zero-order valence-electron chi connectivity index (χ0n) is 14.7. The maximum absolute atomic E-state index is 12.6. The standard InChI is InChI=1S/C15H28BN3O5/c1-15(2,3)24-14(21)19(11-6-7-17-9-11)10-13(20)18-8-4-5-12(18)16(22)23/h11-12,17,22-23H,4-10H2,1-3H3/t11-,12-/m0/s1. The van der Waals surface area contributed by atoms with Crippen LogP contribution < -0.4 is 5.32 Å². The third-order valence-corrected chi connectivity index (χ3v) is 4.37. The molecule has 2 atom stereocenters. The van der Waals surface area contributed by atoms with E-state index in [1.165, 1.54) is 9.80 Å². The van der Waals surface area contributed by atoms with Gasteiger partial charge in [0.05, 0.1) is 5.94 Å². The highest BCUT2D eigenvalue weighted by molar-refractivity contribution is 6.43. The van der Waals surface area contributed by atoms with E-state index in [0.717, 1.165) is 19.4 Å². The molecule has 2 saturated heterocycles. The molecule has 0 aliphatic carbocycles. The number of carbonyl (C=O) groups excluding carboxylic acids is 2. The van der Waals surface area contributed by atoms with E-state index in [0.29, 0.717) is 19.5 Å². The normalized spacial score (nSPS) is 24.1. The summed E-state index contributed by atoms with van der Waals surface area (Å²) in [5.74, 6) is -0.872. The fourth-order valence-electron chi connectivity index (χ4n) is 3.22. The first-order chi connectivity index (χ1) is 11.2. The minimum absolute atomic E-state index is 0.0936. The molecule has 0 unspecified atom stereocenters. The van der Waals surface area contributed by atoms with Crippen molar-refractivity contribution in [3.8, 4) is 0 Å². The van der Waals surface area contributed by atoms with Crippen molar-refractivity contribution < 1.29 is 24.4 Å². The van der Waals surface area contributed by atoms with Crippen LogP contribution in [0.1, 0.15) is 40.0 Å². The summed E-state index contributed by atoms with van der Waals surface area (Å²) in [5.41, 5.74) is -0.637. The maximum atomic E-state index is 12.6. The van der Waals surface area contributed by atoms with Crippen molar-refractivity contribution in [2.45, 2.75) is 57.6 Å². The Labute approximate surface area is 143 Å². The molecule has 8 nitrogen and oxygen atoms in total. The van der Waals surface area contributed by atoms with Crippen LogP contribution in [0.3, 0.4) is 0 Å². The van der Waals surface area contributed by atoms with Gasteiger partial charge in [-0.2, -0.15) is 0 Å². The monoisotopic (exact) mass is 341 g/mol. The van der Waals surface area contributed by atoms with E-state index in [9.17, 15) is 19.6 Å². The molecule has 24 heavy (non-hydrogen) atoms. The van der Waals surface area contributed by atoms with Gasteiger partial charge >= 0.3 is 13.2 Å². The second-order valence-electron chi connectivity index (χ2n) is 7.47. The van der Waals surface area contributed by atoms with Crippen LogP contribution in [0.4, 0.5) is 4.79 Å². The van der Waals surface area contributed by atoms with E-state index in [-0.39, 0.29) is 18.5 Å². The molecule has 2 aliphatic rings. The molecular weight excluding hydrogens is 313 g/mol. The molecule has 2 heterocycles. The average molecular weight is 341 g/mol. The zero-order chi connectivity index (χ0) is 17.9. The second-order valence-corrected chi connectivity index (χ2v) is 7.47. The fraction of sp³-hybridized carbons (Fsp3) is 0.867. The summed E-state index contributed by atoms with van der Waals surface area (Å²) in [5, 5.41) is 22.0. The van der Waals surface area contributed by atoms with Crippen LogP contribution >= 0.6 is 0 Å². The summed E-state index contributed by atoms with van der Waals surface area (Å²) in [6, 6.07) is -0.0936. The van der Waals surface area contributed by atoms with Crippen molar-refractivity contribution >= 4 is 19.1 Å². The lowest BCUT2D eigenvalue weighted by molar-refractivity contribution is -0.132. The van der Waals surface area contributed by atoms with Crippen LogP contribution in [0, 0.1) is 0 Å². The molecule has 2 fully saturated rings. The molecule has 0 aromatic heterocycles. The van der Waals surface area contributed by atoms with Gasteiger partial charge in [0, 0.05) is 19.1 Å². The molecular formula is C15H28BN3O5. The third kappa shape index (κ3) is 4.84. The van der Waals surface area contributed by atoms with Crippen molar-refractivity contribution in [3.05, 3.63) is 0 Å². The van der Waals surface area contributed by atoms with Gasteiger partial charge < -0.3 is 25.0 Å². The summed E-state index contributed by atoms with van der Waals surface area (Å²) in [4.78, 5) is 28.1. The van der Waals surface area contributed by atoms with Gasteiger partial charge in [-0.05, 0) is 46.6 Å². The molecule has 3 N–H and O–H groups in total. The number of likely N-dealkylation sites (tertiary alicyclic amines) is 1. The first-order valence-corrected chi connectivity index (χ1v) is 8.55. The number of hydrogen-bond acceptors (Lipinski definition) is 6. The summed E-state index contributed by atoms with van der Waals surface area (Å²) in [6.45, 7) is 7.15. The van der Waals surface area contributed by atoms with Crippen LogP contribution in [-0.4, -0.2) is 82.7 Å². The van der Waals surface area contributed by atoms with E-state index in [1.807, 2.05) is 0 Å². The number of nitrogens with one attached hydrogen (secondary N) is 1. The smallest absolute Gasteiger partial charge is 0.444 e. The highest BCUT2D eigenvalue weighted by Crippen LogP contribution is 2.20. The Bertz CT molecular complexity index is 463. The van der Waals surface area contributed by atoms with Gasteiger partial charge in [0.2, 0.25) is 5.91 Å². The molecule has 0 saturated carbocycles. The lowest BCUT2D eigenvalue weighted by atomic mass is 9.78. The van der Waals surface area contributed by atoms with Gasteiger partial charge in [0.15, 0.2) is 0 Å². The lowest BCUT2D eigenvalue weighted by Crippen LogP contribution is -2.53. The Balaban J connectivity index is 2.07. The van der Waals surface area contributed by atoms with Gasteiger partial charge in [-0.25, -0.2) is 4.79 Å². The van der Waals surface area contributed by atoms with Crippen molar-refractivity contribution in [1.29, 1.82) is 0 Å². The number of rotatable bonds is 4. The largest absolute Gasteiger partial charge is 0.475 e. The van der Waals surface area contributed by atoms with Gasteiger partial charge in [0.25, 0.3) is 0 Å². The minimum atomic E-state index is -1.56. The third-order valence-electron chi connectivity index (χ3n) is 4.37. The minimum Gasteiger partial charge on any atom is -0.444 e. The predicted octanol–water partition coefficient (Wildman–Crippen LogP) is -0.412. The second kappa shape index (κ2) is 7.71. The highest BCUT2D eigenvalue weighted by Gasteiger charge is 2.39. The quantitative estimate of drug-likeness (QED) is 0.601. The Hall–Kier alpha value is -1.32. The van der Waals surface area contributed by atoms with E-state index >= 15 is 0 Å².